The molecule has 0 saturated heterocycles. The molecule has 2 nitrogen and oxygen atoms in total. The van der Waals surface area contributed by atoms with Crippen LogP contribution in [0.15, 0.2) is 76.5 Å². The summed E-state index contributed by atoms with van der Waals surface area (Å²) in [6, 6.07) is 21.0. The van der Waals surface area contributed by atoms with Crippen LogP contribution in [0.5, 0.6) is 0 Å². The van der Waals surface area contributed by atoms with Gasteiger partial charge in [0, 0.05) is 15.4 Å². The lowest BCUT2D eigenvalue weighted by atomic mass is 10.0. The largest absolute Gasteiger partial charge is 0.384 e. The molecule has 1 N–H and O–H groups in total. The first-order valence-corrected chi connectivity index (χ1v) is 9.45. The Balaban J connectivity index is 2.09. The molecule has 3 aromatic rings. The Morgan fingerprint density at radius 1 is 0.840 bits per heavy atom. The van der Waals surface area contributed by atoms with Crippen LogP contribution in [0.4, 0.5) is 0 Å². The molecule has 0 amide bonds. The molecule has 0 aromatic heterocycles. The van der Waals surface area contributed by atoms with E-state index in [2.05, 4.69) is 12.1 Å². The maximum atomic E-state index is 13.4. The number of hydrogen-bond acceptors (Lipinski definition) is 2. The van der Waals surface area contributed by atoms with Gasteiger partial charge in [0.1, 0.15) is 6.10 Å². The van der Waals surface area contributed by atoms with Gasteiger partial charge in [-0.05, 0) is 43.5 Å². The van der Waals surface area contributed by atoms with Gasteiger partial charge >= 0.3 is 0 Å². The average Bonchev–Trinajstić information content (AvgIpc) is 2.61. The maximum absolute atomic E-state index is 13.4. The Bertz CT molecular complexity index is 893. The number of benzene rings is 3. The quantitative estimate of drug-likeness (QED) is 0.729. The highest BCUT2D eigenvalue weighted by atomic mass is 32.2. The summed E-state index contributed by atoms with van der Waals surface area (Å²) in [5, 5.41) is 10.8. The van der Waals surface area contributed by atoms with Crippen molar-refractivity contribution >= 4 is 10.8 Å². The van der Waals surface area contributed by atoms with Gasteiger partial charge in [-0.1, -0.05) is 66.2 Å². The van der Waals surface area contributed by atoms with Crippen molar-refractivity contribution in [1.82, 2.24) is 0 Å². The number of rotatable bonds is 4. The Morgan fingerprint density at radius 3 is 2.04 bits per heavy atom. The minimum absolute atomic E-state index is 0.661. The number of hydrogen-bond donors (Lipinski definition) is 1. The fraction of sp³-hybridized carbons (Fsp3) is 0.182. The van der Waals surface area contributed by atoms with E-state index < -0.39 is 16.9 Å². The molecule has 1 unspecified atom stereocenters. The molecule has 0 heterocycles. The van der Waals surface area contributed by atoms with E-state index in [4.69, 9.17) is 0 Å². The smallest absolute Gasteiger partial charge is 0.105 e. The van der Waals surface area contributed by atoms with Crippen molar-refractivity contribution in [2.75, 3.05) is 0 Å². The molecule has 2 atom stereocenters. The van der Waals surface area contributed by atoms with E-state index >= 15 is 0 Å². The topological polar surface area (TPSA) is 37.3 Å². The zero-order valence-corrected chi connectivity index (χ0v) is 15.5. The van der Waals surface area contributed by atoms with E-state index in [1.54, 1.807) is 0 Å². The monoisotopic (exact) mass is 350 g/mol. The first-order chi connectivity index (χ1) is 12.0. The van der Waals surface area contributed by atoms with Crippen LogP contribution in [0, 0.1) is 20.8 Å². The zero-order valence-electron chi connectivity index (χ0n) is 14.7. The molecular weight excluding hydrogens is 328 g/mol. The number of aliphatic hydroxyl groups is 1. The van der Waals surface area contributed by atoms with Gasteiger partial charge in [-0.25, -0.2) is 4.21 Å². The summed E-state index contributed by atoms with van der Waals surface area (Å²) < 4.78 is 13.4. The molecule has 0 radical (unpaired) electrons. The van der Waals surface area contributed by atoms with Crippen LogP contribution in [0.2, 0.25) is 0 Å². The van der Waals surface area contributed by atoms with Crippen LogP contribution in [0.3, 0.4) is 0 Å². The van der Waals surface area contributed by atoms with E-state index in [1.807, 2.05) is 75.4 Å². The lowest BCUT2D eigenvalue weighted by Gasteiger charge is -2.17. The van der Waals surface area contributed by atoms with E-state index in [0.29, 0.717) is 10.5 Å². The highest BCUT2D eigenvalue weighted by Gasteiger charge is 2.21. The molecule has 0 bridgehead atoms. The minimum atomic E-state index is -1.34. The molecule has 3 rings (SSSR count). The highest BCUT2D eigenvalue weighted by Crippen LogP contribution is 2.31. The maximum Gasteiger partial charge on any atom is 0.105 e. The van der Waals surface area contributed by atoms with Crippen LogP contribution in [0.1, 0.15) is 33.9 Å². The molecule has 3 heteroatoms. The zero-order chi connectivity index (χ0) is 18.0. The predicted octanol–water partition coefficient (Wildman–Crippen LogP) is 4.86. The SMILES string of the molecule is Cc1cc(C)c(S(=O)c2ccccc2[C@@H](O)c2ccccc2)c(C)c1. The van der Waals surface area contributed by atoms with Gasteiger partial charge in [-0.3, -0.25) is 0 Å². The molecule has 0 aliphatic rings. The summed E-state index contributed by atoms with van der Waals surface area (Å²) in [6.45, 7) is 6.02. The highest BCUT2D eigenvalue weighted by molar-refractivity contribution is 7.85. The summed E-state index contributed by atoms with van der Waals surface area (Å²) in [5.74, 6) is 0. The summed E-state index contributed by atoms with van der Waals surface area (Å²) in [5.41, 5.74) is 4.67. The molecular formula is C22H22O2S. The second kappa shape index (κ2) is 7.34. The summed E-state index contributed by atoms with van der Waals surface area (Å²) >= 11 is 0. The second-order valence-electron chi connectivity index (χ2n) is 6.35. The fourth-order valence-corrected chi connectivity index (χ4v) is 4.78. The Morgan fingerprint density at radius 2 is 1.40 bits per heavy atom. The molecule has 3 aromatic carbocycles. The normalized spacial score (nSPS) is 13.4. The lowest BCUT2D eigenvalue weighted by molar-refractivity contribution is 0.217. The van der Waals surface area contributed by atoms with Crippen LogP contribution < -0.4 is 0 Å². The van der Waals surface area contributed by atoms with Crippen molar-refractivity contribution < 1.29 is 9.32 Å². The lowest BCUT2D eigenvalue weighted by Crippen LogP contribution is -2.07. The molecule has 128 valence electrons. The Labute approximate surface area is 151 Å². The third-order valence-corrected chi connectivity index (χ3v) is 6.10. The van der Waals surface area contributed by atoms with Crippen molar-refractivity contribution in [2.24, 2.45) is 0 Å². The van der Waals surface area contributed by atoms with Crippen LogP contribution >= 0.6 is 0 Å². The van der Waals surface area contributed by atoms with Gasteiger partial charge in [-0.2, -0.15) is 0 Å². The summed E-state index contributed by atoms with van der Waals surface area (Å²) in [4.78, 5) is 1.49. The Hall–Kier alpha value is -2.23. The second-order valence-corrected chi connectivity index (χ2v) is 7.73. The molecule has 0 aliphatic heterocycles. The van der Waals surface area contributed by atoms with Gasteiger partial charge in [-0.15, -0.1) is 0 Å². The number of aryl methyl sites for hydroxylation is 3. The van der Waals surface area contributed by atoms with Gasteiger partial charge < -0.3 is 5.11 Å². The first kappa shape index (κ1) is 17.6. The molecule has 0 spiro atoms. The van der Waals surface area contributed by atoms with Crippen molar-refractivity contribution in [3.63, 3.8) is 0 Å². The van der Waals surface area contributed by atoms with Crippen LogP contribution in [0.25, 0.3) is 0 Å². The molecule has 0 aliphatic carbocycles. The predicted molar refractivity (Wildman–Crippen MR) is 102 cm³/mol. The number of aliphatic hydroxyl groups excluding tert-OH is 1. The Kier molecular flexibility index (Phi) is 5.16. The third-order valence-electron chi connectivity index (χ3n) is 4.32. The van der Waals surface area contributed by atoms with Gasteiger partial charge in [0.15, 0.2) is 0 Å². The van der Waals surface area contributed by atoms with Crippen molar-refractivity contribution in [3.05, 3.63) is 94.5 Å². The van der Waals surface area contributed by atoms with Gasteiger partial charge in [0.05, 0.1) is 10.8 Å². The first-order valence-electron chi connectivity index (χ1n) is 8.30. The molecule has 0 saturated carbocycles. The van der Waals surface area contributed by atoms with E-state index in [9.17, 15) is 9.32 Å². The summed E-state index contributed by atoms with van der Waals surface area (Å²) in [6.07, 6.45) is -0.799. The summed E-state index contributed by atoms with van der Waals surface area (Å²) in [7, 11) is -1.34. The van der Waals surface area contributed by atoms with Gasteiger partial charge in [0.2, 0.25) is 0 Å². The van der Waals surface area contributed by atoms with Crippen molar-refractivity contribution in [1.29, 1.82) is 0 Å². The van der Waals surface area contributed by atoms with Crippen LogP contribution in [-0.2, 0) is 10.8 Å². The average molecular weight is 350 g/mol. The molecule has 25 heavy (non-hydrogen) atoms. The third kappa shape index (κ3) is 3.58. The molecule has 0 fully saturated rings. The van der Waals surface area contributed by atoms with E-state index in [0.717, 1.165) is 27.1 Å². The standard InChI is InChI=1S/C22H22O2S/c1-15-13-16(2)22(17(3)14-15)25(24)20-12-8-7-11-19(20)21(23)18-9-5-4-6-10-18/h4-14,21,23H,1-3H3/t21-,25?/m0/s1. The van der Waals surface area contributed by atoms with Crippen LogP contribution in [-0.4, -0.2) is 9.32 Å². The van der Waals surface area contributed by atoms with Gasteiger partial charge in [0.25, 0.3) is 0 Å². The fourth-order valence-electron chi connectivity index (χ4n) is 3.26. The minimum Gasteiger partial charge on any atom is -0.384 e. The van der Waals surface area contributed by atoms with E-state index in [-0.39, 0.29) is 0 Å². The van der Waals surface area contributed by atoms with E-state index in [1.165, 1.54) is 0 Å². The van der Waals surface area contributed by atoms with Crippen molar-refractivity contribution in [3.8, 4) is 0 Å². The van der Waals surface area contributed by atoms with Crippen molar-refractivity contribution in [2.45, 2.75) is 36.7 Å².